The van der Waals surface area contributed by atoms with Crippen molar-refractivity contribution in [3.63, 3.8) is 0 Å². The van der Waals surface area contributed by atoms with Crippen LogP contribution >= 0.6 is 12.4 Å². The minimum Gasteiger partial charge on any atom is -0.497 e. The molecule has 1 rings (SSSR count). The average molecular weight is 302 g/mol. The van der Waals surface area contributed by atoms with Gasteiger partial charge in [0.2, 0.25) is 11.8 Å². The summed E-state index contributed by atoms with van der Waals surface area (Å²) in [6.07, 6.45) is 1.16. The molecule has 0 heterocycles. The molecular formula is C13H20ClN3O3. The number of nitrogens with two attached hydrogens (primary N) is 1. The van der Waals surface area contributed by atoms with E-state index in [1.807, 2.05) is 6.92 Å². The maximum absolute atomic E-state index is 11.7. The van der Waals surface area contributed by atoms with Crippen molar-refractivity contribution < 1.29 is 14.3 Å². The van der Waals surface area contributed by atoms with Gasteiger partial charge in [0.25, 0.3) is 0 Å². The van der Waals surface area contributed by atoms with Gasteiger partial charge >= 0.3 is 0 Å². The summed E-state index contributed by atoms with van der Waals surface area (Å²) < 4.78 is 5.04. The Morgan fingerprint density at radius 2 is 2.00 bits per heavy atom. The van der Waals surface area contributed by atoms with Crippen molar-refractivity contribution in [3.8, 4) is 5.75 Å². The number of halogens is 1. The zero-order valence-electron chi connectivity index (χ0n) is 11.6. The minimum atomic E-state index is -0.329. The van der Waals surface area contributed by atoms with Crippen molar-refractivity contribution in [1.82, 2.24) is 5.32 Å². The van der Waals surface area contributed by atoms with Gasteiger partial charge in [-0.05, 0) is 18.6 Å². The van der Waals surface area contributed by atoms with Gasteiger partial charge in [-0.3, -0.25) is 9.59 Å². The summed E-state index contributed by atoms with van der Waals surface area (Å²) in [6.45, 7) is 1.83. The van der Waals surface area contributed by atoms with Crippen LogP contribution in [-0.4, -0.2) is 25.5 Å². The third-order valence-corrected chi connectivity index (χ3v) is 2.46. The quantitative estimate of drug-likeness (QED) is 0.695. The van der Waals surface area contributed by atoms with Crippen LogP contribution in [0.3, 0.4) is 0 Å². The summed E-state index contributed by atoms with van der Waals surface area (Å²) in [5.74, 6) is 0.125. The van der Waals surface area contributed by atoms with E-state index in [9.17, 15) is 9.59 Å². The summed E-state index contributed by atoms with van der Waals surface area (Å²) in [7, 11) is 1.53. The molecule has 0 saturated carbocycles. The molecule has 0 radical (unpaired) electrons. The molecule has 0 fully saturated rings. The number of rotatable bonds is 6. The first-order valence-electron chi connectivity index (χ1n) is 6.07. The molecule has 0 aliphatic rings. The van der Waals surface area contributed by atoms with Gasteiger partial charge in [0, 0.05) is 12.5 Å². The van der Waals surface area contributed by atoms with Crippen molar-refractivity contribution in [2.45, 2.75) is 19.8 Å². The molecule has 0 unspecified atom stereocenters. The van der Waals surface area contributed by atoms with Gasteiger partial charge in [0.05, 0.1) is 25.0 Å². The van der Waals surface area contributed by atoms with Crippen molar-refractivity contribution in [2.75, 3.05) is 24.7 Å². The Hall–Kier alpha value is -1.95. The van der Waals surface area contributed by atoms with Gasteiger partial charge in [-0.2, -0.15) is 0 Å². The zero-order valence-corrected chi connectivity index (χ0v) is 12.4. The van der Waals surface area contributed by atoms with Gasteiger partial charge in [-0.1, -0.05) is 6.92 Å². The number of anilines is 2. The van der Waals surface area contributed by atoms with Crippen LogP contribution in [0.5, 0.6) is 5.75 Å². The van der Waals surface area contributed by atoms with E-state index in [0.717, 1.165) is 6.42 Å². The molecule has 0 spiro atoms. The summed E-state index contributed by atoms with van der Waals surface area (Å²) in [5, 5.41) is 5.15. The molecule has 1 aromatic rings. The van der Waals surface area contributed by atoms with Crippen LogP contribution in [0.4, 0.5) is 11.4 Å². The third kappa shape index (κ3) is 5.79. The number of amides is 2. The van der Waals surface area contributed by atoms with Crippen molar-refractivity contribution in [1.29, 1.82) is 0 Å². The highest BCUT2D eigenvalue weighted by molar-refractivity contribution is 5.97. The number of carbonyl (C=O) groups excluding carboxylic acids is 2. The summed E-state index contributed by atoms with van der Waals surface area (Å²) in [5.41, 5.74) is 6.64. The van der Waals surface area contributed by atoms with E-state index in [2.05, 4.69) is 10.6 Å². The molecule has 0 aromatic heterocycles. The highest BCUT2D eigenvalue weighted by Crippen LogP contribution is 2.24. The predicted octanol–water partition coefficient (Wildman–Crippen LogP) is 1.55. The first-order chi connectivity index (χ1) is 9.06. The van der Waals surface area contributed by atoms with E-state index >= 15 is 0 Å². The Bertz CT molecular complexity index is 466. The molecule has 0 atom stereocenters. The molecule has 112 valence electrons. The molecule has 2 amide bonds. The van der Waals surface area contributed by atoms with Gasteiger partial charge in [-0.15, -0.1) is 12.4 Å². The first-order valence-corrected chi connectivity index (χ1v) is 6.07. The third-order valence-electron chi connectivity index (χ3n) is 2.46. The van der Waals surface area contributed by atoms with E-state index in [-0.39, 0.29) is 30.8 Å². The molecule has 20 heavy (non-hydrogen) atoms. The van der Waals surface area contributed by atoms with Gasteiger partial charge in [-0.25, -0.2) is 0 Å². The maximum Gasteiger partial charge on any atom is 0.243 e. The molecule has 0 aliphatic heterocycles. The van der Waals surface area contributed by atoms with E-state index in [1.165, 1.54) is 7.11 Å². The minimum absolute atomic E-state index is 0. The van der Waals surface area contributed by atoms with Crippen LogP contribution in [0, 0.1) is 0 Å². The fourth-order valence-corrected chi connectivity index (χ4v) is 1.46. The average Bonchev–Trinajstić information content (AvgIpc) is 2.39. The zero-order chi connectivity index (χ0) is 14.3. The van der Waals surface area contributed by atoms with Gasteiger partial charge < -0.3 is 21.1 Å². The normalized spacial score (nSPS) is 9.30. The monoisotopic (exact) mass is 301 g/mol. The number of carbonyl (C=O) groups is 2. The Balaban J connectivity index is 0.00000361. The second kappa shape index (κ2) is 9.03. The second-order valence-corrected chi connectivity index (χ2v) is 4.03. The summed E-state index contributed by atoms with van der Waals surface area (Å²) >= 11 is 0. The number of methoxy groups -OCH3 is 1. The molecule has 1 aromatic carbocycles. The summed E-state index contributed by atoms with van der Waals surface area (Å²) in [4.78, 5) is 22.9. The van der Waals surface area contributed by atoms with Crippen molar-refractivity contribution in [3.05, 3.63) is 18.2 Å². The van der Waals surface area contributed by atoms with Crippen molar-refractivity contribution >= 4 is 35.6 Å². The molecular weight excluding hydrogens is 282 g/mol. The lowest BCUT2D eigenvalue weighted by Crippen LogP contribution is -2.32. The number of nitrogens with one attached hydrogen (secondary N) is 2. The van der Waals surface area contributed by atoms with Crippen LogP contribution < -0.4 is 21.1 Å². The molecule has 0 aliphatic carbocycles. The fourth-order valence-electron chi connectivity index (χ4n) is 1.46. The molecule has 7 heteroatoms. The van der Waals surface area contributed by atoms with Gasteiger partial charge in [0.15, 0.2) is 0 Å². The predicted molar refractivity (Wildman–Crippen MR) is 81.2 cm³/mol. The summed E-state index contributed by atoms with van der Waals surface area (Å²) in [6, 6.07) is 4.97. The first kappa shape index (κ1) is 18.0. The smallest absolute Gasteiger partial charge is 0.243 e. The Morgan fingerprint density at radius 3 is 2.60 bits per heavy atom. The standard InChI is InChI=1S/C13H19N3O3.ClH/c1-3-4-12(17)15-8-13(18)16-11-7-9(19-2)5-6-10(11)14;/h5-7H,3-4,8,14H2,1-2H3,(H,15,17)(H,16,18);1H. The van der Waals surface area contributed by atoms with Crippen LogP contribution in [0.25, 0.3) is 0 Å². The Kier molecular flexibility index (Phi) is 8.15. The second-order valence-electron chi connectivity index (χ2n) is 4.03. The van der Waals surface area contributed by atoms with Crippen LogP contribution in [0.1, 0.15) is 19.8 Å². The van der Waals surface area contributed by atoms with E-state index in [1.54, 1.807) is 18.2 Å². The van der Waals surface area contributed by atoms with Crippen LogP contribution in [0.2, 0.25) is 0 Å². The highest BCUT2D eigenvalue weighted by Gasteiger charge is 2.08. The lowest BCUT2D eigenvalue weighted by molar-refractivity contribution is -0.124. The number of hydrogen-bond acceptors (Lipinski definition) is 4. The van der Waals surface area contributed by atoms with E-state index in [4.69, 9.17) is 10.5 Å². The number of benzene rings is 1. The maximum atomic E-state index is 11.7. The lowest BCUT2D eigenvalue weighted by atomic mass is 10.2. The topological polar surface area (TPSA) is 93.5 Å². The largest absolute Gasteiger partial charge is 0.497 e. The molecule has 0 bridgehead atoms. The molecule has 6 nitrogen and oxygen atoms in total. The molecule has 0 saturated heterocycles. The SMILES string of the molecule is CCCC(=O)NCC(=O)Nc1cc(OC)ccc1N.Cl. The molecule has 4 N–H and O–H groups in total. The number of ether oxygens (including phenoxy) is 1. The lowest BCUT2D eigenvalue weighted by Gasteiger charge is -2.10. The Morgan fingerprint density at radius 1 is 1.30 bits per heavy atom. The fraction of sp³-hybridized carbons (Fsp3) is 0.385. The number of hydrogen-bond donors (Lipinski definition) is 3. The van der Waals surface area contributed by atoms with E-state index in [0.29, 0.717) is 23.5 Å². The van der Waals surface area contributed by atoms with Gasteiger partial charge in [0.1, 0.15) is 5.75 Å². The van der Waals surface area contributed by atoms with Crippen molar-refractivity contribution in [2.24, 2.45) is 0 Å². The van der Waals surface area contributed by atoms with Crippen LogP contribution in [0.15, 0.2) is 18.2 Å². The van der Waals surface area contributed by atoms with Crippen LogP contribution in [-0.2, 0) is 9.59 Å². The van der Waals surface area contributed by atoms with E-state index < -0.39 is 0 Å². The Labute approximate surface area is 124 Å². The number of nitrogen functional groups attached to an aromatic ring is 1. The highest BCUT2D eigenvalue weighted by atomic mass is 35.5.